The van der Waals surface area contributed by atoms with Crippen LogP contribution in [0.15, 0.2) is 48.5 Å². The fourth-order valence-corrected chi connectivity index (χ4v) is 11.4. The van der Waals surface area contributed by atoms with Gasteiger partial charge in [-0.3, -0.25) is 28.0 Å². The molecule has 9 rings (SSSR count). The maximum atomic E-state index is 14.1. The number of amides is 4. The van der Waals surface area contributed by atoms with Gasteiger partial charge in [0.1, 0.15) is 0 Å². The minimum Gasteiger partial charge on any atom is -0.493 e. The largest absolute Gasteiger partial charge is 0.493 e. The molecule has 4 saturated heterocycles. The number of nitrogens with zero attached hydrogens (tertiary/aromatic N) is 4. The van der Waals surface area contributed by atoms with Gasteiger partial charge in [0.25, 0.3) is 11.8 Å². The molecule has 6 heterocycles. The zero-order valence-corrected chi connectivity index (χ0v) is 36.9. The van der Waals surface area contributed by atoms with Crippen LogP contribution in [0, 0.1) is 11.8 Å². The Hall–Kier alpha value is -5.80. The van der Waals surface area contributed by atoms with Gasteiger partial charge in [-0.1, -0.05) is 0 Å². The van der Waals surface area contributed by atoms with Gasteiger partial charge in [0.2, 0.25) is 11.8 Å². The molecule has 4 fully saturated rings. The van der Waals surface area contributed by atoms with Crippen molar-refractivity contribution in [1.82, 2.24) is 20.4 Å². The van der Waals surface area contributed by atoms with Crippen LogP contribution in [-0.4, -0.2) is 138 Å². The monoisotopic (exact) mass is 884 g/mol. The van der Waals surface area contributed by atoms with Gasteiger partial charge in [0.05, 0.1) is 66.0 Å². The van der Waals surface area contributed by atoms with Crippen molar-refractivity contribution in [3.8, 4) is 23.0 Å². The van der Waals surface area contributed by atoms with Crippen molar-refractivity contribution in [3.05, 3.63) is 70.8 Å². The average Bonchev–Trinajstić information content (AvgIpc) is 3.90. The minimum atomic E-state index is -0.578. The van der Waals surface area contributed by atoms with Gasteiger partial charge < -0.3 is 49.2 Å². The number of anilines is 2. The number of nitrogens with one attached hydrogen (secondary N) is 2. The lowest BCUT2D eigenvalue weighted by atomic mass is 9.84. The zero-order chi connectivity index (χ0) is 44.8. The Morgan fingerprint density at radius 3 is 1.30 bits per heavy atom. The van der Waals surface area contributed by atoms with Crippen molar-refractivity contribution in [3.63, 3.8) is 0 Å². The predicted octanol–water partition coefficient (Wildman–Crippen LogP) is 4.74. The Morgan fingerprint density at radius 1 is 0.578 bits per heavy atom. The summed E-state index contributed by atoms with van der Waals surface area (Å²) in [5.74, 6) is 0.827. The van der Waals surface area contributed by atoms with E-state index in [1.165, 1.54) is 0 Å². The first kappa shape index (κ1) is 43.5. The lowest BCUT2D eigenvalue weighted by molar-refractivity contribution is -0.131. The molecule has 64 heavy (non-hydrogen) atoms. The van der Waals surface area contributed by atoms with Crippen LogP contribution < -0.4 is 39.4 Å². The lowest BCUT2D eigenvalue weighted by Crippen LogP contribution is -2.64. The number of rotatable bonds is 12. The quantitative estimate of drug-likeness (QED) is 0.262. The maximum Gasteiger partial charge on any atom is 0.251 e. The van der Waals surface area contributed by atoms with E-state index in [4.69, 9.17) is 18.9 Å². The van der Waals surface area contributed by atoms with Gasteiger partial charge in [-0.15, -0.1) is 0 Å². The van der Waals surface area contributed by atoms with Crippen LogP contribution in [0.25, 0.3) is 0 Å². The van der Waals surface area contributed by atoms with Crippen LogP contribution >= 0.6 is 0 Å². The van der Waals surface area contributed by atoms with E-state index in [1.807, 2.05) is 24.3 Å². The van der Waals surface area contributed by atoms with E-state index in [0.717, 1.165) is 48.2 Å². The first-order chi connectivity index (χ1) is 31.0. The van der Waals surface area contributed by atoms with Gasteiger partial charge in [0.15, 0.2) is 23.0 Å². The number of carbonyl (C=O) groups excluding carboxylic acids is 4. The molecular formula is C48H58F2N6O8. The SMILES string of the molecule is COc1cc2c(cc1OC)N1C[C@H](NC(=O)c3ccc(C(=O)N[C@H]4CN5c6cc(OC)c(OC)cc6CCC5CC4N4CC(CF)CC4=O)cc3)C(N3CC(CF)CC3=O)CC1CC2. The molecule has 0 bridgehead atoms. The molecule has 0 spiro atoms. The second-order valence-corrected chi connectivity index (χ2v) is 18.2. The van der Waals surface area contributed by atoms with E-state index in [9.17, 15) is 28.0 Å². The topological polar surface area (TPSA) is 142 Å². The Bertz CT molecular complexity index is 2120. The molecule has 16 heteroatoms. The van der Waals surface area contributed by atoms with E-state index in [1.54, 1.807) is 62.5 Å². The molecule has 0 radical (unpaired) electrons. The Morgan fingerprint density at radius 2 is 0.953 bits per heavy atom. The molecule has 14 nitrogen and oxygen atoms in total. The second-order valence-electron chi connectivity index (χ2n) is 18.2. The van der Waals surface area contributed by atoms with Crippen molar-refractivity contribution in [1.29, 1.82) is 0 Å². The number of methoxy groups -OCH3 is 4. The number of benzene rings is 3. The molecule has 6 aliphatic rings. The molecule has 0 saturated carbocycles. The van der Waals surface area contributed by atoms with Crippen LogP contribution in [0.4, 0.5) is 20.2 Å². The van der Waals surface area contributed by atoms with Crippen molar-refractivity contribution in [2.45, 2.75) is 87.6 Å². The number of carbonyl (C=O) groups is 4. The van der Waals surface area contributed by atoms with Crippen LogP contribution in [-0.2, 0) is 22.4 Å². The summed E-state index contributed by atoms with van der Waals surface area (Å²) in [7, 11) is 6.41. The number of hydrogen-bond acceptors (Lipinski definition) is 10. The molecule has 6 unspecified atom stereocenters. The molecule has 0 aromatic heterocycles. The predicted molar refractivity (Wildman–Crippen MR) is 235 cm³/mol. The molecule has 3 aromatic carbocycles. The van der Waals surface area contributed by atoms with Gasteiger partial charge in [-0.2, -0.15) is 0 Å². The standard InChI is InChI=1S/C48H58F2N6O8/c1-61-41-15-31-9-11-33-17-39(55-23-27(21-49)13-45(55)57)35(25-53(33)37(31)19-43(41)63-3)51-47(59)29-5-7-30(8-6-29)48(60)52-36-26-54-34(18-40(36)56-24-28(22-50)14-46(56)58)12-10-32-16-42(62-2)44(64-4)20-38(32)54/h5-8,15-16,19-20,27-28,33-36,39-40H,9-14,17-18,21-26H2,1-4H3,(H,51,59)(H,52,60)/t27?,28?,33?,34?,35-,36-,39?,40?/m0/s1. The number of fused-ring (bicyclic) bond motifs is 6. The number of hydrogen-bond donors (Lipinski definition) is 2. The number of likely N-dealkylation sites (tertiary alicyclic amines) is 2. The van der Waals surface area contributed by atoms with Crippen molar-refractivity contribution < 1.29 is 46.9 Å². The number of halogens is 2. The fourth-order valence-electron chi connectivity index (χ4n) is 11.4. The fraction of sp³-hybridized carbons (Fsp3) is 0.542. The zero-order valence-electron chi connectivity index (χ0n) is 36.9. The van der Waals surface area contributed by atoms with E-state index in [2.05, 4.69) is 20.4 Å². The van der Waals surface area contributed by atoms with Crippen LogP contribution in [0.3, 0.4) is 0 Å². The molecule has 4 amide bonds. The van der Waals surface area contributed by atoms with E-state index in [0.29, 0.717) is 73.1 Å². The number of alkyl halides is 2. The van der Waals surface area contributed by atoms with Gasteiger partial charge in [-0.25, -0.2) is 0 Å². The first-order valence-corrected chi connectivity index (χ1v) is 22.5. The molecule has 342 valence electrons. The lowest BCUT2D eigenvalue weighted by Gasteiger charge is -2.50. The van der Waals surface area contributed by atoms with Crippen molar-refractivity contribution in [2.75, 3.05) is 77.8 Å². The third-order valence-corrected chi connectivity index (χ3v) is 14.7. The van der Waals surface area contributed by atoms with E-state index in [-0.39, 0.29) is 72.5 Å². The summed E-state index contributed by atoms with van der Waals surface area (Å²) in [4.78, 5) is 63.1. The second kappa shape index (κ2) is 18.0. The highest BCUT2D eigenvalue weighted by Crippen LogP contribution is 2.45. The van der Waals surface area contributed by atoms with Crippen molar-refractivity contribution >= 4 is 35.0 Å². The van der Waals surface area contributed by atoms with Crippen molar-refractivity contribution in [2.24, 2.45) is 11.8 Å². The molecule has 0 aliphatic carbocycles. The van der Waals surface area contributed by atoms with Crippen LogP contribution in [0.5, 0.6) is 23.0 Å². The summed E-state index contributed by atoms with van der Waals surface area (Å²) < 4.78 is 50.2. The minimum absolute atomic E-state index is 0.0955. The van der Waals surface area contributed by atoms with Gasteiger partial charge in [-0.05, 0) is 86.1 Å². The maximum absolute atomic E-state index is 14.1. The van der Waals surface area contributed by atoms with Crippen LogP contribution in [0.2, 0.25) is 0 Å². The summed E-state index contributed by atoms with van der Waals surface area (Å²) >= 11 is 0. The third-order valence-electron chi connectivity index (χ3n) is 14.7. The molecule has 6 aliphatic heterocycles. The summed E-state index contributed by atoms with van der Waals surface area (Å²) in [5.41, 5.74) is 4.88. The Labute approximate surface area is 372 Å². The molecule has 8 atom stereocenters. The summed E-state index contributed by atoms with van der Waals surface area (Å²) in [5, 5.41) is 6.47. The summed E-state index contributed by atoms with van der Waals surface area (Å²) in [6.45, 7) is 0.304. The highest BCUT2D eigenvalue weighted by atomic mass is 19.1. The molecule has 2 N–H and O–H groups in total. The summed E-state index contributed by atoms with van der Waals surface area (Å²) in [6.07, 6.45) is 4.84. The highest BCUT2D eigenvalue weighted by Gasteiger charge is 2.47. The van der Waals surface area contributed by atoms with Crippen LogP contribution in [0.1, 0.15) is 70.4 Å². The number of piperidine rings is 2. The summed E-state index contributed by atoms with van der Waals surface area (Å²) in [6, 6.07) is 13.0. The highest BCUT2D eigenvalue weighted by molar-refractivity contribution is 5.98. The van der Waals surface area contributed by atoms with Gasteiger partial charge >= 0.3 is 0 Å². The molecular weight excluding hydrogens is 827 g/mol. The smallest absolute Gasteiger partial charge is 0.251 e. The number of ether oxygens (including phenoxy) is 4. The van der Waals surface area contributed by atoms with E-state index >= 15 is 0 Å². The van der Waals surface area contributed by atoms with Gasteiger partial charge in [0, 0.05) is 97.6 Å². The average molecular weight is 885 g/mol. The Kier molecular flexibility index (Phi) is 12.2. The number of aryl methyl sites for hydroxylation is 2. The first-order valence-electron chi connectivity index (χ1n) is 22.5. The third kappa shape index (κ3) is 8.01. The molecule has 3 aromatic rings. The van der Waals surface area contributed by atoms with E-state index < -0.39 is 25.4 Å². The Balaban J connectivity index is 0.941. The normalized spacial score (nSPS) is 27.3.